The van der Waals surface area contributed by atoms with Gasteiger partial charge in [0.25, 0.3) is 0 Å². The molecule has 0 aromatic rings. The molecule has 0 saturated carbocycles. The molecule has 2 rings (SSSR count). The lowest BCUT2D eigenvalue weighted by molar-refractivity contribution is 0.00578. The maximum Gasteiger partial charge on any atom is 0.488 e. The van der Waals surface area contributed by atoms with Gasteiger partial charge in [-0.25, -0.2) is 0 Å². The van der Waals surface area contributed by atoms with Gasteiger partial charge in [0.15, 0.2) is 0 Å². The van der Waals surface area contributed by atoms with Gasteiger partial charge in [-0.3, -0.25) is 0 Å². The lowest BCUT2D eigenvalue weighted by atomic mass is 9.49. The zero-order valence-corrected chi connectivity index (χ0v) is 12.8. The second-order valence-electron chi connectivity index (χ2n) is 7.25. The standard InChI is InChI=1S/C12H24B2O4.CH4/c1-9(2)10(3,4)16-13(15-9)14-17-11(5,6)12(7,8)18-14;/h1-8H3;1H4. The highest BCUT2D eigenvalue weighted by Gasteiger charge is 2.63. The Morgan fingerprint density at radius 1 is 0.474 bits per heavy atom. The Bertz CT molecular complexity index is 287. The van der Waals surface area contributed by atoms with Crippen molar-refractivity contribution in [1.82, 2.24) is 0 Å². The van der Waals surface area contributed by atoms with E-state index in [0.717, 1.165) is 0 Å². The highest BCUT2D eigenvalue weighted by Crippen LogP contribution is 2.42. The highest BCUT2D eigenvalue weighted by molar-refractivity contribution is 7.11. The summed E-state index contributed by atoms with van der Waals surface area (Å²) >= 11 is 0. The van der Waals surface area contributed by atoms with Gasteiger partial charge in [0.1, 0.15) is 0 Å². The molecule has 0 amide bonds. The molecular weight excluding hydrogens is 242 g/mol. The van der Waals surface area contributed by atoms with Crippen LogP contribution in [0.3, 0.4) is 0 Å². The molecule has 2 fully saturated rings. The average Bonchev–Trinajstić information content (AvgIpc) is 2.45. The lowest BCUT2D eigenvalue weighted by Crippen LogP contribution is -2.41. The Labute approximate surface area is 118 Å². The molecule has 2 saturated heterocycles. The van der Waals surface area contributed by atoms with Crippen molar-refractivity contribution in [3.63, 3.8) is 0 Å². The molecule has 0 bridgehead atoms. The predicted molar refractivity (Wildman–Crippen MR) is 78.9 cm³/mol. The fourth-order valence-corrected chi connectivity index (χ4v) is 2.00. The molecule has 0 aromatic carbocycles. The zero-order valence-electron chi connectivity index (χ0n) is 12.8. The van der Waals surface area contributed by atoms with E-state index in [9.17, 15) is 0 Å². The molecule has 0 N–H and O–H groups in total. The van der Waals surface area contributed by atoms with Crippen LogP contribution in [-0.4, -0.2) is 36.4 Å². The fraction of sp³-hybridized carbons (Fsp3) is 1.00. The van der Waals surface area contributed by atoms with E-state index in [-0.39, 0.29) is 29.8 Å². The Hall–Kier alpha value is -0.0301. The minimum atomic E-state index is -0.476. The summed E-state index contributed by atoms with van der Waals surface area (Å²) in [5, 5.41) is 0. The molecule has 0 spiro atoms. The first-order valence-electron chi connectivity index (χ1n) is 6.59. The van der Waals surface area contributed by atoms with Crippen molar-refractivity contribution >= 4 is 14.0 Å². The van der Waals surface area contributed by atoms with Gasteiger partial charge in [-0.05, 0) is 55.4 Å². The van der Waals surface area contributed by atoms with Crippen LogP contribution in [0, 0.1) is 0 Å². The van der Waals surface area contributed by atoms with Crippen LogP contribution >= 0.6 is 0 Å². The van der Waals surface area contributed by atoms with Crippen LogP contribution in [0.25, 0.3) is 0 Å². The Morgan fingerprint density at radius 2 is 0.632 bits per heavy atom. The molecule has 19 heavy (non-hydrogen) atoms. The van der Waals surface area contributed by atoms with Crippen LogP contribution in [0.15, 0.2) is 0 Å². The molecule has 0 aliphatic carbocycles. The van der Waals surface area contributed by atoms with Crippen LogP contribution in [0.5, 0.6) is 0 Å². The molecular formula is C13H28B2O4. The van der Waals surface area contributed by atoms with Gasteiger partial charge in [0.2, 0.25) is 0 Å². The molecule has 2 aliphatic rings. The van der Waals surface area contributed by atoms with E-state index >= 15 is 0 Å². The van der Waals surface area contributed by atoms with Gasteiger partial charge in [-0.1, -0.05) is 7.43 Å². The van der Waals surface area contributed by atoms with Crippen LogP contribution in [0.2, 0.25) is 0 Å². The van der Waals surface area contributed by atoms with Gasteiger partial charge in [0.05, 0.1) is 22.4 Å². The van der Waals surface area contributed by atoms with Crippen molar-refractivity contribution in [3.05, 3.63) is 0 Å². The number of hydrogen-bond donors (Lipinski definition) is 0. The van der Waals surface area contributed by atoms with E-state index in [0.29, 0.717) is 0 Å². The largest absolute Gasteiger partial charge is 0.488 e. The third-order valence-electron chi connectivity index (χ3n) is 4.77. The van der Waals surface area contributed by atoms with E-state index in [2.05, 4.69) is 0 Å². The molecule has 0 radical (unpaired) electrons. The molecule has 0 atom stereocenters. The van der Waals surface area contributed by atoms with Crippen molar-refractivity contribution < 1.29 is 18.6 Å². The third kappa shape index (κ3) is 2.60. The zero-order chi connectivity index (χ0) is 14.0. The molecule has 0 aromatic heterocycles. The van der Waals surface area contributed by atoms with E-state index in [4.69, 9.17) is 18.6 Å². The smallest absolute Gasteiger partial charge is 0.405 e. The van der Waals surface area contributed by atoms with Gasteiger partial charge in [0, 0.05) is 0 Å². The Morgan fingerprint density at radius 3 is 0.789 bits per heavy atom. The first kappa shape index (κ1) is 17.0. The first-order chi connectivity index (χ1) is 7.88. The van der Waals surface area contributed by atoms with Crippen LogP contribution < -0.4 is 0 Å². The third-order valence-corrected chi connectivity index (χ3v) is 4.77. The maximum absolute atomic E-state index is 5.96. The van der Waals surface area contributed by atoms with E-state index in [1.54, 1.807) is 0 Å². The van der Waals surface area contributed by atoms with Crippen LogP contribution in [0.4, 0.5) is 0 Å². The van der Waals surface area contributed by atoms with Crippen molar-refractivity contribution in [1.29, 1.82) is 0 Å². The van der Waals surface area contributed by atoms with E-state index in [1.807, 2.05) is 55.4 Å². The summed E-state index contributed by atoms with van der Waals surface area (Å²) in [5.41, 5.74) is -1.44. The first-order valence-corrected chi connectivity index (χ1v) is 6.59. The molecule has 110 valence electrons. The van der Waals surface area contributed by atoms with Crippen molar-refractivity contribution in [3.8, 4) is 0 Å². The molecule has 4 nitrogen and oxygen atoms in total. The summed E-state index contributed by atoms with van der Waals surface area (Å²) in [6.07, 6.45) is 0. The van der Waals surface area contributed by atoms with Crippen molar-refractivity contribution in [2.75, 3.05) is 0 Å². The summed E-state index contributed by atoms with van der Waals surface area (Å²) < 4.78 is 23.8. The molecule has 2 aliphatic heterocycles. The summed E-state index contributed by atoms with van der Waals surface area (Å²) in [6.45, 7) is 16.2. The normalized spacial score (nSPS) is 30.3. The van der Waals surface area contributed by atoms with E-state index in [1.165, 1.54) is 0 Å². The molecule has 2 heterocycles. The molecule has 0 unspecified atom stereocenters. The van der Waals surface area contributed by atoms with Crippen LogP contribution in [0.1, 0.15) is 62.8 Å². The Balaban J connectivity index is 0.00000180. The number of rotatable bonds is 1. The van der Waals surface area contributed by atoms with Crippen LogP contribution in [-0.2, 0) is 18.6 Å². The maximum atomic E-state index is 5.96. The second-order valence-corrected chi connectivity index (χ2v) is 7.25. The van der Waals surface area contributed by atoms with Gasteiger partial charge >= 0.3 is 14.0 Å². The minimum absolute atomic E-state index is 0. The highest BCUT2D eigenvalue weighted by atomic mass is 16.7. The van der Waals surface area contributed by atoms with Gasteiger partial charge in [-0.2, -0.15) is 0 Å². The monoisotopic (exact) mass is 270 g/mol. The molecule has 6 heteroatoms. The Kier molecular flexibility index (Phi) is 4.02. The fourth-order valence-electron chi connectivity index (χ4n) is 2.00. The minimum Gasteiger partial charge on any atom is -0.405 e. The van der Waals surface area contributed by atoms with Gasteiger partial charge < -0.3 is 18.6 Å². The summed E-state index contributed by atoms with van der Waals surface area (Å²) in [7, 11) is -0.952. The number of hydrogen-bond acceptors (Lipinski definition) is 4. The summed E-state index contributed by atoms with van der Waals surface area (Å²) in [6, 6.07) is 0. The van der Waals surface area contributed by atoms with E-state index < -0.39 is 14.0 Å². The summed E-state index contributed by atoms with van der Waals surface area (Å²) in [5.74, 6) is 0. The van der Waals surface area contributed by atoms with Crippen molar-refractivity contribution in [2.45, 2.75) is 85.2 Å². The SMILES string of the molecule is C.CC1(C)OB(B2OC(C)(C)C(C)(C)O2)OC1(C)C. The van der Waals surface area contributed by atoms with Crippen molar-refractivity contribution in [2.24, 2.45) is 0 Å². The van der Waals surface area contributed by atoms with Gasteiger partial charge in [-0.15, -0.1) is 0 Å². The predicted octanol–water partition coefficient (Wildman–Crippen LogP) is 2.89. The topological polar surface area (TPSA) is 36.9 Å². The summed E-state index contributed by atoms with van der Waals surface area (Å²) in [4.78, 5) is 0. The lowest BCUT2D eigenvalue weighted by Gasteiger charge is -2.32. The average molecular weight is 270 g/mol. The second kappa shape index (κ2) is 4.48. The quantitative estimate of drug-likeness (QED) is 0.686.